The molecule has 2 amide bonds. The van der Waals surface area contributed by atoms with Gasteiger partial charge in [0.15, 0.2) is 11.4 Å². The fourth-order valence-electron chi connectivity index (χ4n) is 9.58. The van der Waals surface area contributed by atoms with E-state index in [4.69, 9.17) is 21.0 Å². The highest BCUT2D eigenvalue weighted by molar-refractivity contribution is 7.91. The lowest BCUT2D eigenvalue weighted by atomic mass is 9.96. The van der Waals surface area contributed by atoms with Crippen molar-refractivity contribution in [2.45, 2.75) is 82.2 Å². The Labute approximate surface area is 370 Å². The summed E-state index contributed by atoms with van der Waals surface area (Å²) in [4.78, 5) is 36.4. The summed E-state index contributed by atoms with van der Waals surface area (Å²) >= 11 is 7.29. The van der Waals surface area contributed by atoms with Crippen LogP contribution in [0.2, 0.25) is 5.02 Å². The average molecular weight is 883 g/mol. The Morgan fingerprint density at radius 3 is 2.63 bits per heavy atom. The van der Waals surface area contributed by atoms with Gasteiger partial charge in [-0.3, -0.25) is 24.2 Å². The molecular formula is C48H47ClN8O5S. The first-order chi connectivity index (χ1) is 30.4. The lowest BCUT2D eigenvalue weighted by Gasteiger charge is -2.25. The van der Waals surface area contributed by atoms with Crippen molar-refractivity contribution in [1.82, 2.24) is 30.2 Å². The summed E-state index contributed by atoms with van der Waals surface area (Å²) in [5.41, 5.74) is 9.09. The smallest absolute Gasteiger partial charge is 0.240 e. The number of rotatable bonds is 12. The van der Waals surface area contributed by atoms with Gasteiger partial charge in [-0.15, -0.1) is 0 Å². The summed E-state index contributed by atoms with van der Waals surface area (Å²) in [5, 5.41) is 22.7. The molecule has 4 aliphatic rings. The minimum absolute atomic E-state index is 0.000516. The molecule has 3 aromatic heterocycles. The van der Waals surface area contributed by atoms with Gasteiger partial charge in [0, 0.05) is 78.1 Å². The normalized spacial score (nSPS) is 20.5. The van der Waals surface area contributed by atoms with Crippen LogP contribution < -0.4 is 20.7 Å². The number of anilines is 2. The summed E-state index contributed by atoms with van der Waals surface area (Å²) in [6.07, 6.45) is 8.25. The van der Waals surface area contributed by atoms with Gasteiger partial charge >= 0.3 is 0 Å². The minimum atomic E-state index is -3.70. The number of halogens is 1. The first-order valence-electron chi connectivity index (χ1n) is 21.6. The van der Waals surface area contributed by atoms with Gasteiger partial charge in [0.25, 0.3) is 0 Å². The molecule has 13 nitrogen and oxygen atoms in total. The number of sulfonamides is 1. The van der Waals surface area contributed by atoms with Crippen LogP contribution in [0.4, 0.5) is 11.5 Å². The van der Waals surface area contributed by atoms with Gasteiger partial charge in [-0.25, -0.2) is 13.4 Å². The van der Waals surface area contributed by atoms with E-state index >= 15 is 0 Å². The number of carbonyl (C=O) groups excluding carboxylic acids is 2. The number of hydrogen-bond acceptors (Lipinski definition) is 11. The molecule has 2 aliphatic heterocycles. The molecule has 0 unspecified atom stereocenters. The maximum atomic E-state index is 13.1. The summed E-state index contributed by atoms with van der Waals surface area (Å²) in [6, 6.07) is 22.6. The first-order valence-corrected chi connectivity index (χ1v) is 23.4. The number of nitrogens with zero attached hydrogens (tertiary/aromatic N) is 4. The summed E-state index contributed by atoms with van der Waals surface area (Å²) in [5.74, 6) is 0.441. The van der Waals surface area contributed by atoms with Crippen molar-refractivity contribution >= 4 is 66.8 Å². The van der Waals surface area contributed by atoms with E-state index < -0.39 is 26.6 Å². The van der Waals surface area contributed by atoms with Crippen LogP contribution in [-0.2, 0) is 32.6 Å². The van der Waals surface area contributed by atoms with Crippen LogP contribution in [0.5, 0.6) is 0 Å². The van der Waals surface area contributed by atoms with Gasteiger partial charge in [0.1, 0.15) is 17.3 Å². The Morgan fingerprint density at radius 2 is 1.84 bits per heavy atom. The van der Waals surface area contributed by atoms with Crippen molar-refractivity contribution < 1.29 is 22.4 Å². The van der Waals surface area contributed by atoms with Crippen LogP contribution in [0, 0.1) is 24.2 Å². The van der Waals surface area contributed by atoms with Crippen LogP contribution >= 0.6 is 11.6 Å². The molecule has 10 rings (SSSR count). The number of carbonyl (C=O) groups is 2. The predicted molar refractivity (Wildman–Crippen MR) is 243 cm³/mol. The van der Waals surface area contributed by atoms with Crippen molar-refractivity contribution in [3.05, 3.63) is 106 Å². The Balaban J connectivity index is 0.880. The molecule has 0 spiro atoms. The molecule has 2 aliphatic carbocycles. The van der Waals surface area contributed by atoms with Gasteiger partial charge in [-0.2, -0.15) is 5.26 Å². The van der Waals surface area contributed by atoms with Crippen LogP contribution in [-0.4, -0.2) is 65.5 Å². The second-order valence-corrected chi connectivity index (χ2v) is 20.3. The van der Waals surface area contributed by atoms with Crippen molar-refractivity contribution in [3.63, 3.8) is 0 Å². The number of likely N-dealkylation sites (tertiary alicyclic amines) is 1. The van der Waals surface area contributed by atoms with E-state index in [1.54, 1.807) is 13.1 Å². The minimum Gasteiger partial charge on any atom is -0.455 e. The number of pyridine rings is 2. The molecule has 3 fully saturated rings. The lowest BCUT2D eigenvalue weighted by Crippen LogP contribution is -2.42. The monoisotopic (exact) mass is 882 g/mol. The van der Waals surface area contributed by atoms with Crippen molar-refractivity contribution in [1.29, 1.82) is 5.26 Å². The molecule has 6 aromatic rings. The van der Waals surface area contributed by atoms with Crippen LogP contribution in [0.1, 0.15) is 79.3 Å². The molecule has 3 atom stereocenters. The number of benzene rings is 3. The van der Waals surface area contributed by atoms with Crippen molar-refractivity contribution in [2.24, 2.45) is 5.92 Å². The standard InChI is InChI=1S/C48H47ClN8O5S/c1-27-33(5-4-8-39(27)55-46-44-29(13-17-52-46)19-28(24-53-44)23-51-25-32-9-12-42(58)54-32)35-6-3-7-36(43(35)49)41-21-31-20-37-34(38(22-50)45(31)62-41)10-11-40(37)57-18-14-30(26-57)47(59)56-63(60,61)48(2)15-16-48/h3-8,13,17,19-21,24,30,32,40,51H,9-12,14-16,18,23,25-26H2,1-2H3,(H,52,55)(H,54,58)(H,56,59)/t30-,32+,40-/m1/s1. The SMILES string of the molecule is Cc1c(Nc2nccc3cc(CNC[C@@H]4CCC(=O)N4)cnc23)cccc1-c1cccc(-c2cc3cc4c(c(C#N)c3o2)CC[C@H]4N2CC[C@@H](C(=O)NS(=O)(=O)C3(C)CC3)C2)c1Cl. The zero-order chi connectivity index (χ0) is 43.6. The van der Waals surface area contributed by atoms with E-state index in [9.17, 15) is 23.3 Å². The zero-order valence-electron chi connectivity index (χ0n) is 35.1. The average Bonchev–Trinajstić information content (AvgIpc) is 3.73. The van der Waals surface area contributed by atoms with Gasteiger partial charge in [-0.1, -0.05) is 35.9 Å². The largest absolute Gasteiger partial charge is 0.455 e. The Kier molecular flexibility index (Phi) is 10.5. The zero-order valence-corrected chi connectivity index (χ0v) is 36.6. The number of aromatic nitrogens is 2. The van der Waals surface area contributed by atoms with Crippen LogP contribution in [0.3, 0.4) is 0 Å². The van der Waals surface area contributed by atoms with E-state index in [0.29, 0.717) is 91.6 Å². The van der Waals surface area contributed by atoms with E-state index in [0.717, 1.165) is 68.2 Å². The second-order valence-electron chi connectivity index (χ2n) is 17.7. The third kappa shape index (κ3) is 7.60. The van der Waals surface area contributed by atoms with Gasteiger partial charge < -0.3 is 20.4 Å². The number of furan rings is 1. The molecule has 63 heavy (non-hydrogen) atoms. The van der Waals surface area contributed by atoms with Gasteiger partial charge in [0.2, 0.25) is 21.8 Å². The van der Waals surface area contributed by atoms with Crippen molar-refractivity contribution in [2.75, 3.05) is 25.0 Å². The Hall–Kier alpha value is -5.85. The summed E-state index contributed by atoms with van der Waals surface area (Å²) < 4.78 is 33.6. The number of fused-ring (bicyclic) bond motifs is 3. The number of nitrogens with one attached hydrogen (secondary N) is 4. The Bertz CT molecular complexity index is 3010. The van der Waals surface area contributed by atoms with Gasteiger partial charge in [-0.05, 0) is 123 Å². The first kappa shape index (κ1) is 41.2. The maximum Gasteiger partial charge on any atom is 0.240 e. The highest BCUT2D eigenvalue weighted by Crippen LogP contribution is 2.46. The molecule has 322 valence electrons. The number of hydrogen-bond donors (Lipinski definition) is 4. The third-order valence-corrected chi connectivity index (χ3v) is 16.1. The molecule has 0 bridgehead atoms. The second kappa shape index (κ2) is 16.1. The quantitative estimate of drug-likeness (QED) is 0.0936. The fraction of sp³-hybridized carbons (Fsp3) is 0.354. The number of amides is 2. The van der Waals surface area contributed by atoms with E-state index in [1.807, 2.05) is 61.7 Å². The predicted octanol–water partition coefficient (Wildman–Crippen LogP) is 7.96. The molecule has 0 radical (unpaired) electrons. The van der Waals surface area contributed by atoms with Crippen LogP contribution in [0.15, 0.2) is 77.5 Å². The van der Waals surface area contributed by atoms with E-state index in [1.165, 1.54) is 0 Å². The third-order valence-electron chi connectivity index (χ3n) is 13.6. The summed E-state index contributed by atoms with van der Waals surface area (Å²) in [7, 11) is -3.70. The molecule has 15 heteroatoms. The topological polar surface area (TPSA) is 182 Å². The van der Waals surface area contributed by atoms with Crippen LogP contribution in [0.25, 0.3) is 44.3 Å². The molecule has 5 heterocycles. The molecule has 1 saturated carbocycles. The summed E-state index contributed by atoms with van der Waals surface area (Å²) in [6.45, 7) is 6.18. The Morgan fingerprint density at radius 1 is 1.03 bits per heavy atom. The molecular weight excluding hydrogens is 836 g/mol. The van der Waals surface area contributed by atoms with E-state index in [2.05, 4.69) is 48.8 Å². The number of nitriles is 1. The molecule has 3 aromatic carbocycles. The highest BCUT2D eigenvalue weighted by atomic mass is 35.5. The van der Waals surface area contributed by atoms with Crippen molar-refractivity contribution in [3.8, 4) is 28.5 Å². The van der Waals surface area contributed by atoms with Gasteiger partial charge in [0.05, 0.1) is 21.3 Å². The molecule has 2 saturated heterocycles. The van der Waals surface area contributed by atoms with E-state index in [-0.39, 0.29) is 18.0 Å². The highest BCUT2D eigenvalue weighted by Gasteiger charge is 2.51. The molecule has 4 N–H and O–H groups in total. The fourth-order valence-corrected chi connectivity index (χ4v) is 11.2. The maximum absolute atomic E-state index is 13.1. The lowest BCUT2D eigenvalue weighted by molar-refractivity contribution is -0.123.